The summed E-state index contributed by atoms with van der Waals surface area (Å²) < 4.78 is 16.7. The zero-order valence-corrected chi connectivity index (χ0v) is 27.4. The predicted molar refractivity (Wildman–Crippen MR) is 174 cm³/mol. The fourth-order valence-electron chi connectivity index (χ4n) is 5.60. The van der Waals surface area contributed by atoms with Crippen molar-refractivity contribution in [1.29, 1.82) is 0 Å². The normalized spacial score (nSPS) is 14.4. The third-order valence-corrected chi connectivity index (χ3v) is 7.79. The lowest BCUT2D eigenvalue weighted by molar-refractivity contribution is 0.0204. The van der Waals surface area contributed by atoms with Gasteiger partial charge in [0, 0.05) is 24.8 Å². The van der Waals surface area contributed by atoms with Gasteiger partial charge in [-0.2, -0.15) is 0 Å². The molecule has 2 aromatic carbocycles. The molecule has 0 atom stereocenters. The molecule has 2 aromatic heterocycles. The van der Waals surface area contributed by atoms with Crippen LogP contribution in [0, 0.1) is 5.41 Å². The molecule has 1 aliphatic rings. The summed E-state index contributed by atoms with van der Waals surface area (Å²) in [6, 6.07) is 15.8. The number of methoxy groups -OCH3 is 1. The average molecular weight is 613 g/mol. The van der Waals surface area contributed by atoms with Crippen LogP contribution in [0.3, 0.4) is 0 Å². The number of pyridine rings is 1. The molecule has 5 rings (SSSR count). The van der Waals surface area contributed by atoms with Gasteiger partial charge in [-0.15, -0.1) is 0 Å². The van der Waals surface area contributed by atoms with Crippen molar-refractivity contribution in [3.63, 3.8) is 0 Å². The predicted octanol–water partition coefficient (Wildman–Crippen LogP) is 7.69. The summed E-state index contributed by atoms with van der Waals surface area (Å²) in [6.07, 6.45) is 4.26. The van der Waals surface area contributed by atoms with E-state index >= 15 is 0 Å². The molecule has 0 bridgehead atoms. The maximum atomic E-state index is 12.8. The molecule has 1 aliphatic heterocycles. The minimum atomic E-state index is -0.509. The second-order valence-electron chi connectivity index (χ2n) is 14.0. The number of esters is 1. The first-order chi connectivity index (χ1) is 21.3. The van der Waals surface area contributed by atoms with Crippen LogP contribution in [0.5, 0.6) is 5.75 Å². The number of amides is 1. The van der Waals surface area contributed by atoms with E-state index in [1.807, 2.05) is 33.0 Å². The molecule has 0 radical (unpaired) electrons. The van der Waals surface area contributed by atoms with E-state index in [0.29, 0.717) is 42.5 Å². The molecule has 45 heavy (non-hydrogen) atoms. The maximum absolute atomic E-state index is 12.8. The standard InChI is InChI=1S/C36H44N4O5/c1-35(2,3)20-23-8-10-24(11-9-23)22-44-30-13-12-26(18-28(30)33(41)43-7)31-38-29-19-27(21-37-32(29)39-31)25-14-16-40(17-15-25)34(42)45-36(4,5)6/h8-13,18-19,21,25H,14-17,20,22H2,1-7H3,(H,37,38,39). The van der Waals surface area contributed by atoms with Gasteiger partial charge in [0.25, 0.3) is 0 Å². The highest BCUT2D eigenvalue weighted by molar-refractivity contribution is 5.94. The number of benzene rings is 2. The second kappa shape index (κ2) is 12.9. The molecular weight excluding hydrogens is 568 g/mol. The van der Waals surface area contributed by atoms with Crippen LogP contribution in [0.25, 0.3) is 22.6 Å². The first-order valence-electron chi connectivity index (χ1n) is 15.5. The third-order valence-electron chi connectivity index (χ3n) is 7.79. The molecule has 0 saturated carbocycles. The lowest BCUT2D eigenvalue weighted by atomic mass is 9.88. The van der Waals surface area contributed by atoms with Gasteiger partial charge in [0.15, 0.2) is 5.65 Å². The topological polar surface area (TPSA) is 107 Å². The Morgan fingerprint density at radius 1 is 0.956 bits per heavy atom. The van der Waals surface area contributed by atoms with Crippen molar-refractivity contribution in [3.8, 4) is 17.1 Å². The average Bonchev–Trinajstić information content (AvgIpc) is 3.42. The summed E-state index contributed by atoms with van der Waals surface area (Å²) in [7, 11) is 1.36. The molecule has 1 saturated heterocycles. The fourth-order valence-corrected chi connectivity index (χ4v) is 5.60. The molecule has 0 spiro atoms. The quantitative estimate of drug-likeness (QED) is 0.213. The van der Waals surface area contributed by atoms with E-state index in [1.54, 1.807) is 17.0 Å². The number of hydrogen-bond acceptors (Lipinski definition) is 7. The maximum Gasteiger partial charge on any atom is 0.410 e. The van der Waals surface area contributed by atoms with Gasteiger partial charge < -0.3 is 24.1 Å². The number of nitrogens with one attached hydrogen (secondary N) is 1. The number of piperidine rings is 1. The van der Waals surface area contributed by atoms with Gasteiger partial charge in [-0.05, 0) is 92.3 Å². The Bertz CT molecular complexity index is 1660. The van der Waals surface area contributed by atoms with Crippen molar-refractivity contribution >= 4 is 23.2 Å². The van der Waals surface area contributed by atoms with Crippen LogP contribution in [0.15, 0.2) is 54.7 Å². The largest absolute Gasteiger partial charge is 0.488 e. The molecule has 4 aromatic rings. The van der Waals surface area contributed by atoms with E-state index in [1.165, 1.54) is 12.7 Å². The van der Waals surface area contributed by atoms with E-state index in [-0.39, 0.29) is 17.4 Å². The monoisotopic (exact) mass is 612 g/mol. The number of imidazole rings is 1. The number of fused-ring (bicyclic) bond motifs is 1. The van der Waals surface area contributed by atoms with E-state index in [9.17, 15) is 9.59 Å². The van der Waals surface area contributed by atoms with Crippen molar-refractivity contribution in [3.05, 3.63) is 77.0 Å². The highest BCUT2D eigenvalue weighted by Gasteiger charge is 2.28. The van der Waals surface area contributed by atoms with E-state index in [4.69, 9.17) is 19.2 Å². The smallest absolute Gasteiger partial charge is 0.410 e. The van der Waals surface area contributed by atoms with Crippen LogP contribution in [-0.4, -0.2) is 57.7 Å². The fraction of sp³-hybridized carbons (Fsp3) is 0.444. The number of carbonyl (C=O) groups is 2. The molecule has 9 heteroatoms. The molecular formula is C36H44N4O5. The van der Waals surface area contributed by atoms with Crippen molar-refractivity contribution in [1.82, 2.24) is 19.9 Å². The van der Waals surface area contributed by atoms with Gasteiger partial charge in [0.05, 0.1) is 12.6 Å². The number of carbonyl (C=O) groups excluding carboxylic acids is 2. The summed E-state index contributed by atoms with van der Waals surface area (Å²) in [5.41, 5.74) is 5.56. The number of ether oxygens (including phenoxy) is 3. The first kappa shape index (κ1) is 32.0. The molecule has 1 amide bonds. The Hall–Kier alpha value is -4.40. The SMILES string of the molecule is COC(=O)c1cc(-c2nc3ncc(C4CCN(C(=O)OC(C)(C)C)CC4)cc3[nH]2)ccc1OCc1ccc(CC(C)(C)C)cc1. The lowest BCUT2D eigenvalue weighted by Crippen LogP contribution is -2.41. The summed E-state index contributed by atoms with van der Waals surface area (Å²) in [4.78, 5) is 39.7. The lowest BCUT2D eigenvalue weighted by Gasteiger charge is -2.33. The van der Waals surface area contributed by atoms with Gasteiger partial charge in [-0.3, -0.25) is 0 Å². The molecule has 0 aliphatic carbocycles. The number of H-pyrrole nitrogens is 1. The van der Waals surface area contributed by atoms with Crippen LogP contribution in [0.1, 0.15) is 87.4 Å². The number of rotatable bonds is 7. The van der Waals surface area contributed by atoms with Crippen molar-refractivity contribution in [2.45, 2.75) is 78.9 Å². The van der Waals surface area contributed by atoms with Crippen LogP contribution in [0.2, 0.25) is 0 Å². The van der Waals surface area contributed by atoms with Gasteiger partial charge in [-0.25, -0.2) is 19.6 Å². The zero-order chi connectivity index (χ0) is 32.4. The summed E-state index contributed by atoms with van der Waals surface area (Å²) >= 11 is 0. The van der Waals surface area contributed by atoms with Gasteiger partial charge >= 0.3 is 12.1 Å². The van der Waals surface area contributed by atoms with E-state index in [2.05, 4.69) is 61.1 Å². The van der Waals surface area contributed by atoms with Gasteiger partial charge in [0.2, 0.25) is 0 Å². The van der Waals surface area contributed by atoms with Crippen LogP contribution in [0.4, 0.5) is 4.79 Å². The molecule has 238 valence electrons. The van der Waals surface area contributed by atoms with E-state index < -0.39 is 11.6 Å². The third kappa shape index (κ3) is 8.21. The van der Waals surface area contributed by atoms with Gasteiger partial charge in [0.1, 0.15) is 29.3 Å². The van der Waals surface area contributed by atoms with Crippen LogP contribution >= 0.6 is 0 Å². The molecule has 3 heterocycles. The van der Waals surface area contributed by atoms with Crippen molar-refractivity contribution in [2.24, 2.45) is 5.41 Å². The van der Waals surface area contributed by atoms with Crippen LogP contribution < -0.4 is 4.74 Å². The highest BCUT2D eigenvalue weighted by Crippen LogP contribution is 2.32. The second-order valence-corrected chi connectivity index (χ2v) is 14.0. The molecule has 0 unspecified atom stereocenters. The minimum absolute atomic E-state index is 0.218. The number of aromatic amines is 1. The Labute approximate surface area is 265 Å². The number of hydrogen-bond donors (Lipinski definition) is 1. The number of nitrogens with zero attached hydrogens (tertiary/aromatic N) is 3. The molecule has 1 fully saturated rings. The van der Waals surface area contributed by atoms with E-state index in [0.717, 1.165) is 41.5 Å². The first-order valence-corrected chi connectivity index (χ1v) is 15.5. The Morgan fingerprint density at radius 3 is 2.29 bits per heavy atom. The highest BCUT2D eigenvalue weighted by atomic mass is 16.6. The minimum Gasteiger partial charge on any atom is -0.488 e. The van der Waals surface area contributed by atoms with Gasteiger partial charge in [-0.1, -0.05) is 45.0 Å². The Balaban J connectivity index is 1.28. The number of aromatic nitrogens is 3. The Morgan fingerprint density at radius 2 is 1.64 bits per heavy atom. The zero-order valence-electron chi connectivity index (χ0n) is 27.4. The van der Waals surface area contributed by atoms with Crippen LogP contribution in [-0.2, 0) is 22.5 Å². The molecule has 1 N–H and O–H groups in total. The van der Waals surface area contributed by atoms with Crippen molar-refractivity contribution < 1.29 is 23.8 Å². The summed E-state index contributed by atoms with van der Waals surface area (Å²) in [5, 5.41) is 0. The Kier molecular flexibility index (Phi) is 9.18. The molecule has 9 nitrogen and oxygen atoms in total. The number of likely N-dealkylation sites (tertiary alicyclic amines) is 1. The summed E-state index contributed by atoms with van der Waals surface area (Å²) in [6.45, 7) is 13.9. The summed E-state index contributed by atoms with van der Waals surface area (Å²) in [5.74, 6) is 0.838. The van der Waals surface area contributed by atoms with Crippen molar-refractivity contribution in [2.75, 3.05) is 20.2 Å².